The van der Waals surface area contributed by atoms with Gasteiger partial charge in [0.2, 0.25) is 0 Å². The van der Waals surface area contributed by atoms with Gasteiger partial charge >= 0.3 is 6.18 Å². The number of nitrogens with one attached hydrogen (secondary N) is 1. The molecular weight excluding hydrogens is 251 g/mol. The van der Waals surface area contributed by atoms with Gasteiger partial charge in [0.15, 0.2) is 0 Å². The minimum absolute atomic E-state index is 0.0829. The molecule has 3 N–H and O–H groups in total. The summed E-state index contributed by atoms with van der Waals surface area (Å²) in [5, 5.41) is 1.59. The molecule has 0 saturated heterocycles. The Morgan fingerprint density at radius 3 is 2.35 bits per heavy atom. The Bertz CT molecular complexity index is 429. The fourth-order valence-corrected chi connectivity index (χ4v) is 1.43. The molecule has 0 amide bonds. The maximum atomic E-state index is 12.5. The number of alkyl halides is 3. The van der Waals surface area contributed by atoms with Crippen molar-refractivity contribution in [1.29, 1.82) is 0 Å². The van der Waals surface area contributed by atoms with Gasteiger partial charge in [-0.3, -0.25) is 0 Å². The average molecular weight is 263 g/mol. The van der Waals surface area contributed by atoms with E-state index < -0.39 is 11.7 Å². The van der Waals surface area contributed by atoms with Crippen molar-refractivity contribution < 1.29 is 13.2 Å². The van der Waals surface area contributed by atoms with E-state index in [2.05, 4.69) is 5.43 Å². The molecule has 0 radical (unpaired) electrons. The van der Waals surface area contributed by atoms with Crippen LogP contribution in [0, 0.1) is 0 Å². The van der Waals surface area contributed by atoms with E-state index in [1.165, 1.54) is 6.07 Å². The first-order valence-corrected chi connectivity index (χ1v) is 5.07. The van der Waals surface area contributed by atoms with E-state index in [0.717, 1.165) is 12.1 Å². The summed E-state index contributed by atoms with van der Waals surface area (Å²) in [4.78, 5) is -0.0829. The molecule has 3 nitrogen and oxygen atoms in total. The maximum Gasteiger partial charge on any atom is 0.416 e. The fourth-order valence-electron chi connectivity index (χ4n) is 1.26. The van der Waals surface area contributed by atoms with Crippen LogP contribution < -0.4 is 11.2 Å². The van der Waals surface area contributed by atoms with Crippen LogP contribution in [0.3, 0.4) is 0 Å². The minimum atomic E-state index is -4.41. The first-order chi connectivity index (χ1) is 7.71. The van der Waals surface area contributed by atoms with E-state index in [4.69, 9.17) is 18.0 Å². The minimum Gasteiger partial charge on any atom is -0.389 e. The lowest BCUT2D eigenvalue weighted by Crippen LogP contribution is -2.23. The van der Waals surface area contributed by atoms with Crippen molar-refractivity contribution in [2.24, 2.45) is 5.73 Å². The van der Waals surface area contributed by atoms with Gasteiger partial charge in [-0.2, -0.15) is 13.2 Å². The Morgan fingerprint density at radius 1 is 1.35 bits per heavy atom. The number of halogens is 3. The summed E-state index contributed by atoms with van der Waals surface area (Å²) in [6, 6.07) is 3.22. The second-order valence-electron chi connectivity index (χ2n) is 3.63. The number of anilines is 1. The van der Waals surface area contributed by atoms with Crippen LogP contribution in [0.15, 0.2) is 18.2 Å². The van der Waals surface area contributed by atoms with Crippen molar-refractivity contribution >= 4 is 22.9 Å². The number of nitrogens with two attached hydrogens (primary N) is 1. The highest BCUT2D eigenvalue weighted by molar-refractivity contribution is 7.80. The van der Waals surface area contributed by atoms with Gasteiger partial charge in [0.25, 0.3) is 0 Å². The zero-order valence-electron chi connectivity index (χ0n) is 9.30. The van der Waals surface area contributed by atoms with Gasteiger partial charge in [0, 0.05) is 19.7 Å². The molecular formula is C10H12F3N3S. The van der Waals surface area contributed by atoms with Crippen molar-refractivity contribution in [3.8, 4) is 0 Å². The summed E-state index contributed by atoms with van der Waals surface area (Å²) in [6.45, 7) is 0. The van der Waals surface area contributed by atoms with Crippen molar-refractivity contribution in [2.45, 2.75) is 6.18 Å². The van der Waals surface area contributed by atoms with Gasteiger partial charge in [0.1, 0.15) is 4.99 Å². The Morgan fingerprint density at radius 2 is 1.94 bits per heavy atom. The standard InChI is InChI=1S/C10H12F3N3S/c1-16(2)15-8-4-3-6(10(11,12)13)5-7(8)9(14)17/h3-5,15H,1-2H3,(H2,14,17). The molecule has 94 valence electrons. The number of nitrogens with zero attached hydrogens (tertiary/aromatic N) is 1. The lowest BCUT2D eigenvalue weighted by atomic mass is 10.1. The molecule has 0 heterocycles. The molecule has 7 heteroatoms. The van der Waals surface area contributed by atoms with Gasteiger partial charge in [-0.05, 0) is 18.2 Å². The monoisotopic (exact) mass is 263 g/mol. The zero-order valence-corrected chi connectivity index (χ0v) is 10.1. The molecule has 17 heavy (non-hydrogen) atoms. The number of hydrazine groups is 1. The van der Waals surface area contributed by atoms with Crippen LogP contribution >= 0.6 is 12.2 Å². The molecule has 0 aliphatic rings. The van der Waals surface area contributed by atoms with E-state index in [9.17, 15) is 13.2 Å². The van der Waals surface area contributed by atoms with E-state index in [-0.39, 0.29) is 10.6 Å². The van der Waals surface area contributed by atoms with E-state index in [0.29, 0.717) is 5.69 Å². The van der Waals surface area contributed by atoms with Gasteiger partial charge in [-0.25, -0.2) is 5.01 Å². The van der Waals surface area contributed by atoms with Crippen molar-refractivity contribution in [1.82, 2.24) is 5.01 Å². The molecule has 0 saturated carbocycles. The summed E-state index contributed by atoms with van der Waals surface area (Å²) in [5.41, 5.74) is 8.08. The summed E-state index contributed by atoms with van der Waals surface area (Å²) in [7, 11) is 3.42. The fraction of sp³-hybridized carbons (Fsp3) is 0.300. The van der Waals surface area contributed by atoms with Crippen LogP contribution in [0.4, 0.5) is 18.9 Å². The first-order valence-electron chi connectivity index (χ1n) is 4.67. The smallest absolute Gasteiger partial charge is 0.389 e. The Kier molecular flexibility index (Phi) is 3.94. The van der Waals surface area contributed by atoms with Crippen molar-refractivity contribution in [3.63, 3.8) is 0 Å². The zero-order chi connectivity index (χ0) is 13.2. The molecule has 0 aliphatic heterocycles. The molecule has 1 aromatic rings. The third kappa shape index (κ3) is 3.57. The second kappa shape index (κ2) is 4.89. The highest BCUT2D eigenvalue weighted by Crippen LogP contribution is 2.31. The van der Waals surface area contributed by atoms with Crippen LogP contribution in [0.25, 0.3) is 0 Å². The molecule has 0 unspecified atom stereocenters. The van der Waals surface area contributed by atoms with Crippen LogP contribution in [-0.2, 0) is 6.18 Å². The topological polar surface area (TPSA) is 41.3 Å². The van der Waals surface area contributed by atoms with E-state index in [1.54, 1.807) is 19.1 Å². The predicted octanol–water partition coefficient (Wildman–Crippen LogP) is 2.23. The SMILES string of the molecule is CN(C)Nc1ccc(C(F)(F)F)cc1C(N)=S. The Balaban J connectivity index is 3.22. The molecule has 0 aliphatic carbocycles. The lowest BCUT2D eigenvalue weighted by molar-refractivity contribution is -0.137. The Labute approximate surface area is 102 Å². The molecule has 0 bridgehead atoms. The molecule has 0 fully saturated rings. The van der Waals surface area contributed by atoms with Crippen LogP contribution in [0.1, 0.15) is 11.1 Å². The molecule has 0 spiro atoms. The number of hydrogen-bond donors (Lipinski definition) is 2. The number of hydrogen-bond acceptors (Lipinski definition) is 3. The summed E-state index contributed by atoms with van der Waals surface area (Å²) in [6.07, 6.45) is -4.41. The van der Waals surface area contributed by atoms with Gasteiger partial charge in [0.05, 0.1) is 11.3 Å². The van der Waals surface area contributed by atoms with Crippen LogP contribution in [0.2, 0.25) is 0 Å². The number of benzene rings is 1. The van der Waals surface area contributed by atoms with Gasteiger partial charge in [-0.15, -0.1) is 0 Å². The van der Waals surface area contributed by atoms with E-state index >= 15 is 0 Å². The van der Waals surface area contributed by atoms with Crippen LogP contribution in [0.5, 0.6) is 0 Å². The third-order valence-corrected chi connectivity index (χ3v) is 2.18. The summed E-state index contributed by atoms with van der Waals surface area (Å²) < 4.78 is 37.5. The largest absolute Gasteiger partial charge is 0.416 e. The summed E-state index contributed by atoms with van der Waals surface area (Å²) in [5.74, 6) is 0. The second-order valence-corrected chi connectivity index (χ2v) is 4.07. The predicted molar refractivity (Wildman–Crippen MR) is 64.6 cm³/mol. The average Bonchev–Trinajstić information content (AvgIpc) is 2.15. The van der Waals surface area contributed by atoms with Crippen molar-refractivity contribution in [2.75, 3.05) is 19.5 Å². The highest BCUT2D eigenvalue weighted by atomic mass is 32.1. The molecule has 1 rings (SSSR count). The third-order valence-electron chi connectivity index (χ3n) is 1.96. The molecule has 0 aromatic heterocycles. The van der Waals surface area contributed by atoms with Crippen molar-refractivity contribution in [3.05, 3.63) is 29.3 Å². The Hall–Kier alpha value is -1.34. The van der Waals surface area contributed by atoms with Crippen LogP contribution in [-0.4, -0.2) is 24.1 Å². The normalized spacial score (nSPS) is 11.6. The summed E-state index contributed by atoms with van der Waals surface area (Å²) >= 11 is 4.74. The molecule has 1 aromatic carbocycles. The maximum absolute atomic E-state index is 12.5. The number of thiocarbonyl (C=S) groups is 1. The number of rotatable bonds is 3. The molecule has 0 atom stereocenters. The van der Waals surface area contributed by atoms with Gasteiger partial charge < -0.3 is 11.2 Å². The first kappa shape index (κ1) is 13.7. The highest BCUT2D eigenvalue weighted by Gasteiger charge is 2.31. The lowest BCUT2D eigenvalue weighted by Gasteiger charge is -2.18. The van der Waals surface area contributed by atoms with E-state index in [1.807, 2.05) is 0 Å². The van der Waals surface area contributed by atoms with Gasteiger partial charge in [-0.1, -0.05) is 12.2 Å². The quantitative estimate of drug-likeness (QED) is 0.648.